The number of rotatable bonds is 4. The standard InChI is InChI=1S/C12H19N.C2H3ClO/c1-10-5-7-11(8-6-10)9-12(2,3)13-4;3-1-2-4/h5-8,13H,9H2,1-4H3;2H,1H2. The van der Waals surface area contributed by atoms with Crippen LogP contribution in [0.2, 0.25) is 0 Å². The van der Waals surface area contributed by atoms with Gasteiger partial charge in [-0.05, 0) is 39.8 Å². The minimum atomic E-state index is 0.111. The second-order valence-electron chi connectivity index (χ2n) is 4.62. The maximum atomic E-state index is 9.04. The van der Waals surface area contributed by atoms with Crippen LogP contribution in [0.25, 0.3) is 0 Å². The van der Waals surface area contributed by atoms with Gasteiger partial charge in [-0.1, -0.05) is 29.8 Å². The summed E-state index contributed by atoms with van der Waals surface area (Å²) in [7, 11) is 2.01. The van der Waals surface area contributed by atoms with Crippen molar-refractivity contribution in [1.82, 2.24) is 5.32 Å². The van der Waals surface area contributed by atoms with E-state index in [1.807, 2.05) is 7.05 Å². The molecule has 0 radical (unpaired) electrons. The SMILES string of the molecule is CNC(C)(C)Cc1ccc(C)cc1.O=CCCl. The van der Waals surface area contributed by atoms with Crippen molar-refractivity contribution in [3.05, 3.63) is 35.4 Å². The molecule has 0 saturated heterocycles. The molecule has 0 aliphatic rings. The fourth-order valence-electron chi connectivity index (χ4n) is 1.30. The molecule has 0 aliphatic carbocycles. The molecule has 0 unspecified atom stereocenters. The van der Waals surface area contributed by atoms with Gasteiger partial charge in [0.05, 0.1) is 5.88 Å². The van der Waals surface area contributed by atoms with Gasteiger partial charge < -0.3 is 10.1 Å². The van der Waals surface area contributed by atoms with Crippen molar-refractivity contribution < 1.29 is 4.79 Å². The van der Waals surface area contributed by atoms with Gasteiger partial charge in [-0.2, -0.15) is 0 Å². The van der Waals surface area contributed by atoms with Crippen molar-refractivity contribution in [1.29, 1.82) is 0 Å². The number of aryl methyl sites for hydroxylation is 1. The summed E-state index contributed by atoms with van der Waals surface area (Å²) in [5, 5.41) is 3.30. The van der Waals surface area contributed by atoms with Crippen LogP contribution in [0.15, 0.2) is 24.3 Å². The van der Waals surface area contributed by atoms with Gasteiger partial charge in [0.15, 0.2) is 0 Å². The minimum Gasteiger partial charge on any atom is -0.314 e. The van der Waals surface area contributed by atoms with Gasteiger partial charge in [-0.3, -0.25) is 0 Å². The van der Waals surface area contributed by atoms with Crippen LogP contribution in [-0.4, -0.2) is 24.8 Å². The summed E-state index contributed by atoms with van der Waals surface area (Å²) in [6.07, 6.45) is 1.71. The number of nitrogens with one attached hydrogen (secondary N) is 1. The van der Waals surface area contributed by atoms with Crippen molar-refractivity contribution in [2.75, 3.05) is 12.9 Å². The van der Waals surface area contributed by atoms with E-state index >= 15 is 0 Å². The monoisotopic (exact) mass is 255 g/mol. The number of alkyl halides is 1. The third-order valence-electron chi connectivity index (χ3n) is 2.51. The minimum absolute atomic E-state index is 0.111. The predicted molar refractivity (Wildman–Crippen MR) is 74.8 cm³/mol. The van der Waals surface area contributed by atoms with E-state index in [4.69, 9.17) is 16.4 Å². The van der Waals surface area contributed by atoms with Crippen molar-refractivity contribution in [2.45, 2.75) is 32.7 Å². The summed E-state index contributed by atoms with van der Waals surface area (Å²) < 4.78 is 0. The number of carbonyl (C=O) groups is 1. The Balaban J connectivity index is 0.000000557. The zero-order chi connectivity index (χ0) is 13.3. The molecule has 1 N–H and O–H groups in total. The van der Waals surface area contributed by atoms with E-state index in [1.54, 1.807) is 0 Å². The first-order chi connectivity index (χ1) is 7.95. The highest BCUT2D eigenvalue weighted by molar-refractivity contribution is 6.24. The third-order valence-corrected chi connectivity index (χ3v) is 2.63. The molecule has 96 valence electrons. The van der Waals surface area contributed by atoms with Crippen molar-refractivity contribution in [3.63, 3.8) is 0 Å². The van der Waals surface area contributed by atoms with Gasteiger partial charge >= 0.3 is 0 Å². The van der Waals surface area contributed by atoms with Crippen LogP contribution in [-0.2, 0) is 11.2 Å². The highest BCUT2D eigenvalue weighted by atomic mass is 35.5. The number of likely N-dealkylation sites (N-methyl/N-ethyl adjacent to an activating group) is 1. The summed E-state index contributed by atoms with van der Waals surface area (Å²) in [6.45, 7) is 6.55. The van der Waals surface area contributed by atoms with Crippen LogP contribution >= 0.6 is 11.6 Å². The molecule has 0 atom stereocenters. The molecule has 0 saturated carbocycles. The van der Waals surface area contributed by atoms with E-state index in [0.29, 0.717) is 6.29 Å². The first-order valence-electron chi connectivity index (χ1n) is 5.69. The van der Waals surface area contributed by atoms with Gasteiger partial charge in [-0.25, -0.2) is 0 Å². The highest BCUT2D eigenvalue weighted by Crippen LogP contribution is 2.12. The molecule has 1 aromatic rings. The molecule has 0 bridgehead atoms. The summed E-state index contributed by atoms with van der Waals surface area (Å²) in [5.74, 6) is 0.111. The molecule has 0 heterocycles. The number of halogens is 1. The van der Waals surface area contributed by atoms with Crippen LogP contribution in [0.5, 0.6) is 0 Å². The molecule has 1 aromatic carbocycles. The zero-order valence-electron chi connectivity index (χ0n) is 11.1. The van der Waals surface area contributed by atoms with E-state index in [1.165, 1.54) is 11.1 Å². The summed E-state index contributed by atoms with van der Waals surface area (Å²) >= 11 is 4.82. The van der Waals surface area contributed by atoms with Crippen molar-refractivity contribution in [3.8, 4) is 0 Å². The van der Waals surface area contributed by atoms with Gasteiger partial charge in [0.1, 0.15) is 6.29 Å². The van der Waals surface area contributed by atoms with Crippen LogP contribution in [0.3, 0.4) is 0 Å². The third kappa shape index (κ3) is 7.94. The lowest BCUT2D eigenvalue weighted by atomic mass is 9.95. The normalized spacial score (nSPS) is 10.4. The molecule has 0 amide bonds. The summed E-state index contributed by atoms with van der Waals surface area (Å²) in [5.41, 5.74) is 2.91. The molecule has 0 fully saturated rings. The molecular formula is C14H22ClNO. The number of benzene rings is 1. The molecule has 0 aromatic heterocycles. The van der Waals surface area contributed by atoms with Crippen LogP contribution in [0.4, 0.5) is 0 Å². The zero-order valence-corrected chi connectivity index (χ0v) is 11.8. The Labute approximate surface area is 109 Å². The molecule has 17 heavy (non-hydrogen) atoms. The Hall–Kier alpha value is -0.860. The van der Waals surface area contributed by atoms with Gasteiger partial charge in [-0.15, -0.1) is 11.6 Å². The fraction of sp³-hybridized carbons (Fsp3) is 0.500. The van der Waals surface area contributed by atoms with E-state index in [-0.39, 0.29) is 11.4 Å². The number of hydrogen-bond acceptors (Lipinski definition) is 2. The lowest BCUT2D eigenvalue weighted by Gasteiger charge is -2.24. The smallest absolute Gasteiger partial charge is 0.134 e. The van der Waals surface area contributed by atoms with Gasteiger partial charge in [0.25, 0.3) is 0 Å². The van der Waals surface area contributed by atoms with E-state index in [9.17, 15) is 0 Å². The average molecular weight is 256 g/mol. The predicted octanol–water partition coefficient (Wildman–Crippen LogP) is 2.96. The Kier molecular flexibility index (Phi) is 7.85. The Morgan fingerprint density at radius 1 is 1.29 bits per heavy atom. The second-order valence-corrected chi connectivity index (χ2v) is 4.93. The molecule has 3 heteroatoms. The van der Waals surface area contributed by atoms with Gasteiger partial charge in [0, 0.05) is 5.54 Å². The first kappa shape index (κ1) is 16.1. The van der Waals surface area contributed by atoms with Crippen LogP contribution in [0.1, 0.15) is 25.0 Å². The first-order valence-corrected chi connectivity index (χ1v) is 6.22. The lowest BCUT2D eigenvalue weighted by Crippen LogP contribution is -2.38. The van der Waals surface area contributed by atoms with E-state index in [0.717, 1.165) is 6.42 Å². The molecule has 2 nitrogen and oxygen atoms in total. The maximum Gasteiger partial charge on any atom is 0.134 e. The number of aldehydes is 1. The Morgan fingerprint density at radius 3 is 2.12 bits per heavy atom. The number of hydrogen-bond donors (Lipinski definition) is 1. The molecule has 1 rings (SSSR count). The highest BCUT2D eigenvalue weighted by Gasteiger charge is 2.14. The second kappa shape index (κ2) is 8.26. The fourth-order valence-corrected chi connectivity index (χ4v) is 1.30. The summed E-state index contributed by atoms with van der Waals surface area (Å²) in [6, 6.07) is 8.74. The van der Waals surface area contributed by atoms with Gasteiger partial charge in [0.2, 0.25) is 0 Å². The van der Waals surface area contributed by atoms with Crippen molar-refractivity contribution >= 4 is 17.9 Å². The van der Waals surface area contributed by atoms with Crippen LogP contribution in [0, 0.1) is 6.92 Å². The topological polar surface area (TPSA) is 29.1 Å². The van der Waals surface area contributed by atoms with E-state index in [2.05, 4.69) is 50.4 Å². The quantitative estimate of drug-likeness (QED) is 0.662. The van der Waals surface area contributed by atoms with Crippen LogP contribution < -0.4 is 5.32 Å². The summed E-state index contributed by atoms with van der Waals surface area (Å²) in [4.78, 5) is 9.04. The maximum absolute atomic E-state index is 9.04. The van der Waals surface area contributed by atoms with Crippen molar-refractivity contribution in [2.24, 2.45) is 0 Å². The number of carbonyl (C=O) groups excluding carboxylic acids is 1. The largest absolute Gasteiger partial charge is 0.314 e. The lowest BCUT2D eigenvalue weighted by molar-refractivity contribution is -0.105. The molecule has 0 spiro atoms. The molecular weight excluding hydrogens is 234 g/mol. The molecule has 0 aliphatic heterocycles. The Bertz CT molecular complexity index is 319. The average Bonchev–Trinajstić information content (AvgIpc) is 2.32. The Morgan fingerprint density at radius 2 is 1.76 bits per heavy atom. The van der Waals surface area contributed by atoms with E-state index < -0.39 is 0 Å².